The van der Waals surface area contributed by atoms with E-state index in [2.05, 4.69) is 10.6 Å². The quantitative estimate of drug-likeness (QED) is 0.820. The highest BCUT2D eigenvalue weighted by Gasteiger charge is 2.06. The average Bonchev–Trinajstić information content (AvgIpc) is 2.54. The van der Waals surface area contributed by atoms with Gasteiger partial charge in [-0.3, -0.25) is 9.59 Å². The SMILES string of the molecule is CNC(=O)c1cccc(NC(=O)/C=C/c2c(Cl)cccc2Cl)c1. The second kappa shape index (κ2) is 7.81. The van der Waals surface area contributed by atoms with Crippen LogP contribution in [0, 0.1) is 0 Å². The molecule has 0 spiro atoms. The summed E-state index contributed by atoms with van der Waals surface area (Å²) in [6, 6.07) is 11.7. The van der Waals surface area contributed by atoms with Gasteiger partial charge < -0.3 is 10.6 Å². The summed E-state index contributed by atoms with van der Waals surface area (Å²) in [5.41, 5.74) is 1.56. The Bertz CT molecular complexity index is 753. The molecule has 0 saturated carbocycles. The van der Waals surface area contributed by atoms with E-state index >= 15 is 0 Å². The van der Waals surface area contributed by atoms with E-state index in [0.717, 1.165) is 0 Å². The van der Waals surface area contributed by atoms with Crippen LogP contribution >= 0.6 is 23.2 Å². The molecule has 0 aromatic heterocycles. The first-order valence-electron chi connectivity index (χ1n) is 6.76. The van der Waals surface area contributed by atoms with Crippen molar-refractivity contribution in [2.24, 2.45) is 0 Å². The predicted octanol–water partition coefficient (Wildman–Crippen LogP) is 4.00. The molecule has 0 aliphatic carbocycles. The molecule has 0 unspecified atom stereocenters. The molecule has 4 nitrogen and oxygen atoms in total. The van der Waals surface area contributed by atoms with Crippen LogP contribution in [0.2, 0.25) is 10.0 Å². The summed E-state index contributed by atoms with van der Waals surface area (Å²) in [5.74, 6) is -0.575. The van der Waals surface area contributed by atoms with Crippen LogP contribution < -0.4 is 10.6 Å². The smallest absolute Gasteiger partial charge is 0.251 e. The third-order valence-electron chi connectivity index (χ3n) is 3.02. The van der Waals surface area contributed by atoms with Gasteiger partial charge in [0.25, 0.3) is 5.91 Å². The van der Waals surface area contributed by atoms with Crippen molar-refractivity contribution in [3.05, 3.63) is 69.7 Å². The topological polar surface area (TPSA) is 58.2 Å². The van der Waals surface area contributed by atoms with Crippen LogP contribution in [0.1, 0.15) is 15.9 Å². The van der Waals surface area contributed by atoms with Gasteiger partial charge in [-0.05, 0) is 36.4 Å². The second-order valence-electron chi connectivity index (χ2n) is 4.62. The van der Waals surface area contributed by atoms with Gasteiger partial charge in [0.1, 0.15) is 0 Å². The molecule has 2 aromatic rings. The van der Waals surface area contributed by atoms with E-state index in [-0.39, 0.29) is 11.8 Å². The van der Waals surface area contributed by atoms with Gasteiger partial charge >= 0.3 is 0 Å². The molecular weight excluding hydrogens is 335 g/mol. The van der Waals surface area contributed by atoms with Crippen LogP contribution in [-0.4, -0.2) is 18.9 Å². The number of carbonyl (C=O) groups is 2. The van der Waals surface area contributed by atoms with E-state index in [1.54, 1.807) is 55.6 Å². The maximum atomic E-state index is 12.0. The fraction of sp³-hybridized carbons (Fsp3) is 0.0588. The van der Waals surface area contributed by atoms with Gasteiger partial charge in [0.15, 0.2) is 0 Å². The van der Waals surface area contributed by atoms with Gasteiger partial charge in [0.2, 0.25) is 5.91 Å². The number of hydrogen-bond donors (Lipinski definition) is 2. The van der Waals surface area contributed by atoms with Gasteiger partial charge in [-0.15, -0.1) is 0 Å². The van der Waals surface area contributed by atoms with Gasteiger partial charge in [0.05, 0.1) is 0 Å². The van der Waals surface area contributed by atoms with E-state index in [0.29, 0.717) is 26.9 Å². The lowest BCUT2D eigenvalue weighted by atomic mass is 10.2. The molecule has 118 valence electrons. The summed E-state index contributed by atoms with van der Waals surface area (Å²) in [7, 11) is 1.55. The molecular formula is C17H14Cl2N2O2. The lowest BCUT2D eigenvalue weighted by Gasteiger charge is -2.05. The molecule has 0 radical (unpaired) electrons. The van der Waals surface area contributed by atoms with Crippen molar-refractivity contribution in [3.8, 4) is 0 Å². The number of nitrogens with one attached hydrogen (secondary N) is 2. The van der Waals surface area contributed by atoms with E-state index < -0.39 is 0 Å². The zero-order chi connectivity index (χ0) is 16.8. The Labute approximate surface area is 144 Å². The maximum absolute atomic E-state index is 12.0. The van der Waals surface area contributed by atoms with Crippen molar-refractivity contribution >= 4 is 46.8 Å². The van der Waals surface area contributed by atoms with Crippen LogP contribution in [-0.2, 0) is 4.79 Å². The standard InChI is InChI=1S/C17H14Cl2N2O2/c1-20-17(23)11-4-2-5-12(10-11)21-16(22)9-8-13-14(18)6-3-7-15(13)19/h2-10H,1H3,(H,20,23)(H,21,22)/b9-8+. The zero-order valence-electron chi connectivity index (χ0n) is 12.3. The minimum atomic E-state index is -0.352. The van der Waals surface area contributed by atoms with Crippen molar-refractivity contribution in [3.63, 3.8) is 0 Å². The lowest BCUT2D eigenvalue weighted by molar-refractivity contribution is -0.111. The Hall–Kier alpha value is -2.30. The molecule has 0 bridgehead atoms. The van der Waals surface area contributed by atoms with Crippen molar-refractivity contribution < 1.29 is 9.59 Å². The van der Waals surface area contributed by atoms with Gasteiger partial charge in [-0.25, -0.2) is 0 Å². The first-order chi connectivity index (χ1) is 11.0. The minimum Gasteiger partial charge on any atom is -0.355 e. The first kappa shape index (κ1) is 17.1. The fourth-order valence-corrected chi connectivity index (χ4v) is 2.42. The number of anilines is 1. The largest absolute Gasteiger partial charge is 0.355 e. The van der Waals surface area contributed by atoms with Crippen molar-refractivity contribution in [1.82, 2.24) is 5.32 Å². The second-order valence-corrected chi connectivity index (χ2v) is 5.43. The predicted molar refractivity (Wildman–Crippen MR) is 94.0 cm³/mol. The average molecular weight is 349 g/mol. The maximum Gasteiger partial charge on any atom is 0.251 e. The van der Waals surface area contributed by atoms with Gasteiger partial charge in [-0.2, -0.15) is 0 Å². The molecule has 2 N–H and O–H groups in total. The molecule has 0 heterocycles. The Morgan fingerprint density at radius 1 is 1.04 bits per heavy atom. The molecule has 2 rings (SSSR count). The van der Waals surface area contributed by atoms with Crippen LogP contribution in [0.3, 0.4) is 0 Å². The highest BCUT2D eigenvalue weighted by atomic mass is 35.5. The number of hydrogen-bond acceptors (Lipinski definition) is 2. The molecule has 6 heteroatoms. The normalized spacial score (nSPS) is 10.6. The van der Waals surface area contributed by atoms with Crippen molar-refractivity contribution in [1.29, 1.82) is 0 Å². The molecule has 0 aliphatic heterocycles. The number of rotatable bonds is 4. The molecule has 2 aromatic carbocycles. The molecule has 0 aliphatic rings. The van der Waals surface area contributed by atoms with Crippen LogP contribution in [0.4, 0.5) is 5.69 Å². The number of halogens is 2. The zero-order valence-corrected chi connectivity index (χ0v) is 13.8. The Morgan fingerprint density at radius 2 is 1.70 bits per heavy atom. The van der Waals surface area contributed by atoms with E-state index in [4.69, 9.17) is 23.2 Å². The molecule has 0 fully saturated rings. The van der Waals surface area contributed by atoms with E-state index in [1.807, 2.05) is 0 Å². The van der Waals surface area contributed by atoms with Gasteiger partial charge in [-0.1, -0.05) is 35.3 Å². The summed E-state index contributed by atoms with van der Waals surface area (Å²) < 4.78 is 0. The summed E-state index contributed by atoms with van der Waals surface area (Å²) in [6.07, 6.45) is 2.88. The number of amides is 2. The van der Waals surface area contributed by atoms with Crippen molar-refractivity contribution in [2.75, 3.05) is 12.4 Å². The summed E-state index contributed by atoms with van der Waals surface area (Å²) >= 11 is 12.1. The Balaban J connectivity index is 2.11. The van der Waals surface area contributed by atoms with E-state index in [9.17, 15) is 9.59 Å². The van der Waals surface area contributed by atoms with Crippen LogP contribution in [0.15, 0.2) is 48.5 Å². The van der Waals surface area contributed by atoms with Gasteiger partial charge in [0, 0.05) is 40.0 Å². The number of benzene rings is 2. The molecule has 0 atom stereocenters. The van der Waals surface area contributed by atoms with Crippen molar-refractivity contribution in [2.45, 2.75) is 0 Å². The highest BCUT2D eigenvalue weighted by molar-refractivity contribution is 6.37. The monoisotopic (exact) mass is 348 g/mol. The fourth-order valence-electron chi connectivity index (χ4n) is 1.90. The third kappa shape index (κ3) is 4.58. The highest BCUT2D eigenvalue weighted by Crippen LogP contribution is 2.25. The lowest BCUT2D eigenvalue weighted by Crippen LogP contribution is -2.18. The summed E-state index contributed by atoms with van der Waals surface area (Å²) in [5, 5.41) is 6.13. The first-order valence-corrected chi connectivity index (χ1v) is 7.52. The molecule has 2 amide bonds. The summed E-state index contributed by atoms with van der Waals surface area (Å²) in [4.78, 5) is 23.5. The summed E-state index contributed by atoms with van der Waals surface area (Å²) in [6.45, 7) is 0. The minimum absolute atomic E-state index is 0.223. The van der Waals surface area contributed by atoms with E-state index in [1.165, 1.54) is 6.08 Å². The Kier molecular flexibility index (Phi) is 5.79. The van der Waals surface area contributed by atoms with Crippen LogP contribution in [0.25, 0.3) is 6.08 Å². The Morgan fingerprint density at radius 3 is 2.35 bits per heavy atom. The van der Waals surface area contributed by atoms with Crippen LogP contribution in [0.5, 0.6) is 0 Å². The molecule has 0 saturated heterocycles. The third-order valence-corrected chi connectivity index (χ3v) is 3.68. The molecule has 23 heavy (non-hydrogen) atoms. The number of carbonyl (C=O) groups excluding carboxylic acids is 2.